The fraction of sp³-hybridized carbons (Fsp3) is 0.222. The molecule has 0 aliphatic rings. The number of nitrogens with one attached hydrogen (secondary N) is 1. The lowest BCUT2D eigenvalue weighted by Crippen LogP contribution is -2.16. The van der Waals surface area contributed by atoms with Crippen molar-refractivity contribution in [3.05, 3.63) is 51.9 Å². The number of hydrogen-bond donors (Lipinski definition) is 2. The van der Waals surface area contributed by atoms with Gasteiger partial charge in [-0.15, -0.1) is 0 Å². The van der Waals surface area contributed by atoms with Crippen LogP contribution < -0.4 is 15.2 Å². The van der Waals surface area contributed by atoms with Crippen molar-refractivity contribution in [1.29, 1.82) is 0 Å². The number of aromatic carboxylic acids is 1. The number of ether oxygens (including phenoxy) is 2. The highest BCUT2D eigenvalue weighted by Gasteiger charge is 2.17. The lowest BCUT2D eigenvalue weighted by molar-refractivity contribution is 0.0697. The summed E-state index contributed by atoms with van der Waals surface area (Å²) >= 11 is 0. The number of aryl methyl sites for hydroxylation is 1. The van der Waals surface area contributed by atoms with E-state index < -0.39 is 5.97 Å². The van der Waals surface area contributed by atoms with Crippen LogP contribution in [0.3, 0.4) is 0 Å². The first kappa shape index (κ1) is 16.6. The number of carboxylic acid groups (broad SMARTS) is 1. The third-order valence-electron chi connectivity index (χ3n) is 4.13. The number of carbonyl (C=O) groups is 1. The first-order valence-electron chi connectivity index (χ1n) is 7.73. The summed E-state index contributed by atoms with van der Waals surface area (Å²) < 4.78 is 12.3. The van der Waals surface area contributed by atoms with E-state index in [1.807, 2.05) is 13.0 Å². The molecule has 130 valence electrons. The molecule has 2 N–H and O–H groups in total. The number of benzene rings is 2. The van der Waals surface area contributed by atoms with Crippen LogP contribution in [0.4, 0.5) is 0 Å². The van der Waals surface area contributed by atoms with Crippen LogP contribution in [0.25, 0.3) is 16.7 Å². The summed E-state index contributed by atoms with van der Waals surface area (Å²) in [4.78, 5) is 26.3. The maximum absolute atomic E-state index is 12.5. The molecule has 0 radical (unpaired) electrons. The normalized spacial score (nSPS) is 10.8. The van der Waals surface area contributed by atoms with Gasteiger partial charge in [0.05, 0.1) is 36.5 Å². The van der Waals surface area contributed by atoms with E-state index in [9.17, 15) is 9.59 Å². The van der Waals surface area contributed by atoms with E-state index in [4.69, 9.17) is 14.6 Å². The number of carboxylic acids is 1. The Hall–Kier alpha value is -3.22. The van der Waals surface area contributed by atoms with Crippen molar-refractivity contribution >= 4 is 17.0 Å². The van der Waals surface area contributed by atoms with E-state index >= 15 is 0 Å². The van der Waals surface area contributed by atoms with Gasteiger partial charge in [0.2, 0.25) is 0 Å². The van der Waals surface area contributed by atoms with Gasteiger partial charge >= 0.3 is 11.7 Å². The fourth-order valence-electron chi connectivity index (χ4n) is 2.88. The molecule has 2 aromatic carbocycles. The topological polar surface area (TPSA) is 93.6 Å². The lowest BCUT2D eigenvalue weighted by Gasteiger charge is -2.14. The molecule has 7 nitrogen and oxygen atoms in total. The minimum Gasteiger partial charge on any atom is -0.496 e. The van der Waals surface area contributed by atoms with Crippen LogP contribution in [0.1, 0.15) is 22.8 Å². The molecule has 3 aromatic rings. The number of rotatable bonds is 5. The van der Waals surface area contributed by atoms with Gasteiger partial charge in [-0.3, -0.25) is 4.57 Å². The summed E-state index contributed by atoms with van der Waals surface area (Å²) in [6, 6.07) is 8.09. The van der Waals surface area contributed by atoms with Gasteiger partial charge < -0.3 is 19.6 Å². The van der Waals surface area contributed by atoms with Gasteiger partial charge in [0.25, 0.3) is 0 Å². The molecule has 3 rings (SSSR count). The molecular formula is C18H18N2O5. The summed E-state index contributed by atoms with van der Waals surface area (Å²) in [5, 5.41) is 9.11. The first-order chi connectivity index (χ1) is 12.0. The van der Waals surface area contributed by atoms with Gasteiger partial charge in [-0.2, -0.15) is 0 Å². The molecule has 0 saturated heterocycles. The van der Waals surface area contributed by atoms with Crippen molar-refractivity contribution in [2.75, 3.05) is 14.2 Å². The van der Waals surface area contributed by atoms with Crippen molar-refractivity contribution in [1.82, 2.24) is 9.55 Å². The second-order valence-electron chi connectivity index (χ2n) is 5.49. The van der Waals surface area contributed by atoms with Crippen LogP contribution in [0.5, 0.6) is 11.5 Å². The molecule has 7 heteroatoms. The van der Waals surface area contributed by atoms with Crippen LogP contribution in [0, 0.1) is 0 Å². The maximum Gasteiger partial charge on any atom is 0.335 e. The Labute approximate surface area is 143 Å². The molecule has 0 bridgehead atoms. The number of aromatic nitrogens is 2. The van der Waals surface area contributed by atoms with E-state index in [1.54, 1.807) is 19.2 Å². The van der Waals surface area contributed by atoms with Crippen molar-refractivity contribution in [3.63, 3.8) is 0 Å². The zero-order chi connectivity index (χ0) is 18.1. The molecule has 1 aromatic heterocycles. The second-order valence-corrected chi connectivity index (χ2v) is 5.49. The minimum absolute atomic E-state index is 0.108. The van der Waals surface area contributed by atoms with Gasteiger partial charge in [0.15, 0.2) is 0 Å². The lowest BCUT2D eigenvalue weighted by atomic mass is 10.1. The Kier molecular flexibility index (Phi) is 4.22. The zero-order valence-corrected chi connectivity index (χ0v) is 14.1. The molecule has 0 saturated carbocycles. The molecule has 0 aliphatic heterocycles. The SMILES string of the molecule is CCc1cc(-n2c(=O)[nH]c3cc(C(=O)O)ccc32)c(OC)cc1OC. The quantitative estimate of drug-likeness (QED) is 0.743. The van der Waals surface area contributed by atoms with Crippen molar-refractivity contribution in [3.8, 4) is 17.2 Å². The molecule has 0 amide bonds. The van der Waals surface area contributed by atoms with Crippen LogP contribution >= 0.6 is 0 Å². The van der Waals surface area contributed by atoms with E-state index in [0.29, 0.717) is 28.2 Å². The molecule has 0 spiro atoms. The Morgan fingerprint density at radius 1 is 1.16 bits per heavy atom. The van der Waals surface area contributed by atoms with E-state index in [-0.39, 0.29) is 11.3 Å². The predicted octanol–water partition coefficient (Wildman–Crippen LogP) is 2.60. The summed E-state index contributed by atoms with van der Waals surface area (Å²) in [7, 11) is 3.10. The van der Waals surface area contributed by atoms with Crippen molar-refractivity contribution < 1.29 is 19.4 Å². The molecular weight excluding hydrogens is 324 g/mol. The summed E-state index contributed by atoms with van der Waals surface area (Å²) in [6.07, 6.45) is 0.723. The summed E-state index contributed by atoms with van der Waals surface area (Å²) in [5.74, 6) is 0.120. The number of hydrogen-bond acceptors (Lipinski definition) is 4. The highest BCUT2D eigenvalue weighted by atomic mass is 16.5. The monoisotopic (exact) mass is 342 g/mol. The predicted molar refractivity (Wildman–Crippen MR) is 93.3 cm³/mol. The van der Waals surface area contributed by atoms with Gasteiger partial charge in [-0.25, -0.2) is 9.59 Å². The standard InChI is InChI=1S/C18H18N2O5/c1-4-10-8-14(16(25-3)9-15(10)24-2)20-13-6-5-11(17(21)22)7-12(13)19-18(20)23/h5-9H,4H2,1-3H3,(H,19,23)(H,21,22). The molecule has 0 aliphatic carbocycles. The van der Waals surface area contributed by atoms with E-state index in [2.05, 4.69) is 4.98 Å². The number of fused-ring (bicyclic) bond motifs is 1. The fourth-order valence-corrected chi connectivity index (χ4v) is 2.88. The molecule has 0 unspecified atom stereocenters. The second kappa shape index (κ2) is 6.35. The smallest absolute Gasteiger partial charge is 0.335 e. The van der Waals surface area contributed by atoms with Crippen LogP contribution in [0.2, 0.25) is 0 Å². The summed E-state index contributed by atoms with van der Waals surface area (Å²) in [6.45, 7) is 1.99. The average Bonchev–Trinajstić information content (AvgIpc) is 2.94. The summed E-state index contributed by atoms with van der Waals surface area (Å²) in [5.41, 5.74) is 2.25. The van der Waals surface area contributed by atoms with Crippen molar-refractivity contribution in [2.24, 2.45) is 0 Å². The number of imidazole rings is 1. The van der Waals surface area contributed by atoms with Crippen LogP contribution in [0.15, 0.2) is 35.1 Å². The third-order valence-corrected chi connectivity index (χ3v) is 4.13. The van der Waals surface area contributed by atoms with Gasteiger partial charge in [0, 0.05) is 6.07 Å². The molecule has 0 fully saturated rings. The van der Waals surface area contributed by atoms with Gasteiger partial charge in [-0.1, -0.05) is 6.92 Å². The molecule has 0 atom stereocenters. The number of H-pyrrole nitrogens is 1. The van der Waals surface area contributed by atoms with Gasteiger partial charge in [-0.05, 0) is 36.2 Å². The highest BCUT2D eigenvalue weighted by molar-refractivity contribution is 5.92. The Morgan fingerprint density at radius 2 is 1.88 bits per heavy atom. The first-order valence-corrected chi connectivity index (χ1v) is 7.73. The molecule has 25 heavy (non-hydrogen) atoms. The Balaban J connectivity index is 2.31. The number of methoxy groups -OCH3 is 2. The molecule has 1 heterocycles. The van der Waals surface area contributed by atoms with Crippen LogP contribution in [-0.4, -0.2) is 34.8 Å². The Bertz CT molecular complexity index is 1020. The largest absolute Gasteiger partial charge is 0.496 e. The minimum atomic E-state index is -1.05. The van der Waals surface area contributed by atoms with E-state index in [0.717, 1.165) is 12.0 Å². The van der Waals surface area contributed by atoms with Crippen LogP contribution in [-0.2, 0) is 6.42 Å². The number of aromatic amines is 1. The Morgan fingerprint density at radius 3 is 2.48 bits per heavy atom. The van der Waals surface area contributed by atoms with Gasteiger partial charge in [0.1, 0.15) is 11.5 Å². The van der Waals surface area contributed by atoms with Crippen molar-refractivity contribution in [2.45, 2.75) is 13.3 Å². The number of nitrogens with zero attached hydrogens (tertiary/aromatic N) is 1. The van der Waals surface area contributed by atoms with E-state index in [1.165, 1.54) is 23.8 Å². The highest BCUT2D eigenvalue weighted by Crippen LogP contribution is 2.33. The maximum atomic E-state index is 12.5. The third kappa shape index (κ3) is 2.73. The zero-order valence-electron chi connectivity index (χ0n) is 14.1. The average molecular weight is 342 g/mol.